The Bertz CT molecular complexity index is 655. The fraction of sp³-hybridized carbons (Fsp3) is 0.500. The third-order valence-electron chi connectivity index (χ3n) is 4.78. The van der Waals surface area contributed by atoms with Crippen LogP contribution in [0.5, 0.6) is 11.5 Å². The lowest BCUT2D eigenvalue weighted by Crippen LogP contribution is -2.38. The second kappa shape index (κ2) is 9.12. The first-order chi connectivity index (χ1) is 12.0. The summed E-state index contributed by atoms with van der Waals surface area (Å²) in [6.07, 6.45) is 7.91. The van der Waals surface area contributed by atoms with E-state index in [1.54, 1.807) is 31.4 Å². The van der Waals surface area contributed by atoms with Crippen molar-refractivity contribution in [3.63, 3.8) is 0 Å². The molecule has 0 N–H and O–H groups in total. The monoisotopic (exact) mass is 342 g/mol. The van der Waals surface area contributed by atoms with E-state index in [1.807, 2.05) is 24.1 Å². The molecule has 0 bridgehead atoms. The van der Waals surface area contributed by atoms with Gasteiger partial charge in [-0.25, -0.2) is 0 Å². The molecule has 1 aliphatic rings. The number of ether oxygens (including phenoxy) is 2. The molecular formula is C20H26N2O3. The molecular weight excluding hydrogens is 316 g/mol. The number of benzene rings is 1. The number of rotatable bonds is 6. The quantitative estimate of drug-likeness (QED) is 0.740. The summed E-state index contributed by atoms with van der Waals surface area (Å²) in [6, 6.07) is 7.63. The Morgan fingerprint density at radius 1 is 1.32 bits per heavy atom. The lowest BCUT2D eigenvalue weighted by Gasteiger charge is -2.33. The van der Waals surface area contributed by atoms with Crippen LogP contribution in [0.4, 0.5) is 0 Å². The van der Waals surface area contributed by atoms with Gasteiger partial charge in [-0.2, -0.15) is 5.26 Å². The number of nitrogens with zero attached hydrogens (tertiary/aromatic N) is 2. The van der Waals surface area contributed by atoms with E-state index in [2.05, 4.69) is 6.92 Å². The Hall–Kier alpha value is -2.48. The van der Waals surface area contributed by atoms with Crippen LogP contribution in [-0.2, 0) is 4.79 Å². The second-order valence-electron chi connectivity index (χ2n) is 6.55. The van der Waals surface area contributed by atoms with Crippen molar-refractivity contribution in [3.8, 4) is 17.6 Å². The zero-order chi connectivity index (χ0) is 18.2. The molecule has 1 aromatic carbocycles. The average molecular weight is 342 g/mol. The molecule has 0 atom stereocenters. The third kappa shape index (κ3) is 5.25. The van der Waals surface area contributed by atoms with Crippen molar-refractivity contribution in [2.75, 3.05) is 20.8 Å². The summed E-state index contributed by atoms with van der Waals surface area (Å²) in [7, 11) is 3.43. The molecule has 0 radical (unpaired) electrons. The van der Waals surface area contributed by atoms with Gasteiger partial charge in [0, 0.05) is 19.2 Å². The smallest absolute Gasteiger partial charge is 0.246 e. The predicted octanol–water partition coefficient (Wildman–Crippen LogP) is 3.65. The fourth-order valence-electron chi connectivity index (χ4n) is 3.11. The summed E-state index contributed by atoms with van der Waals surface area (Å²) < 4.78 is 10.6. The minimum atomic E-state index is -0.0329. The zero-order valence-electron chi connectivity index (χ0n) is 15.2. The van der Waals surface area contributed by atoms with E-state index in [0.717, 1.165) is 24.3 Å². The van der Waals surface area contributed by atoms with E-state index in [4.69, 9.17) is 14.7 Å². The predicted molar refractivity (Wildman–Crippen MR) is 97.3 cm³/mol. The molecule has 25 heavy (non-hydrogen) atoms. The fourth-order valence-corrected chi connectivity index (χ4v) is 3.11. The lowest BCUT2D eigenvalue weighted by atomic mass is 9.87. The van der Waals surface area contributed by atoms with Gasteiger partial charge in [0.05, 0.1) is 7.11 Å². The maximum absolute atomic E-state index is 12.4. The van der Waals surface area contributed by atoms with Gasteiger partial charge in [-0.05, 0) is 55.4 Å². The van der Waals surface area contributed by atoms with Crippen LogP contribution in [0.25, 0.3) is 6.08 Å². The first-order valence-corrected chi connectivity index (χ1v) is 8.67. The Morgan fingerprint density at radius 2 is 2.04 bits per heavy atom. The number of carbonyl (C=O) groups is 1. The molecule has 1 saturated carbocycles. The molecule has 5 heteroatoms. The minimum absolute atomic E-state index is 0.0170. The molecule has 1 aromatic rings. The number of nitriles is 1. The van der Waals surface area contributed by atoms with E-state index in [1.165, 1.54) is 12.8 Å². The number of methoxy groups -OCH3 is 1. The maximum atomic E-state index is 12.4. The zero-order valence-corrected chi connectivity index (χ0v) is 15.2. The molecule has 1 amide bonds. The highest BCUT2D eigenvalue weighted by atomic mass is 16.5. The second-order valence-corrected chi connectivity index (χ2v) is 6.55. The van der Waals surface area contributed by atoms with Crippen LogP contribution in [0.3, 0.4) is 0 Å². The van der Waals surface area contributed by atoms with E-state index < -0.39 is 0 Å². The Labute approximate surface area is 149 Å². The van der Waals surface area contributed by atoms with Crippen LogP contribution in [0.15, 0.2) is 24.3 Å². The van der Waals surface area contributed by atoms with Crippen molar-refractivity contribution in [1.29, 1.82) is 5.26 Å². The van der Waals surface area contributed by atoms with Gasteiger partial charge in [-0.15, -0.1) is 0 Å². The lowest BCUT2D eigenvalue weighted by molar-refractivity contribution is -0.127. The first kappa shape index (κ1) is 18.9. The standard InChI is InChI=1S/C20H26N2O3/c1-15-4-8-17(9-5-15)22(2)20(23)11-7-16-6-10-18(25-13-12-21)19(14-16)24-3/h6-7,10-11,14-15,17H,4-5,8-9,13H2,1-3H3/b11-7+. The maximum Gasteiger partial charge on any atom is 0.246 e. The number of carbonyl (C=O) groups excluding carboxylic acids is 1. The van der Waals surface area contributed by atoms with Gasteiger partial charge in [-0.1, -0.05) is 13.0 Å². The number of amides is 1. The molecule has 0 aliphatic heterocycles. The van der Waals surface area contributed by atoms with E-state index in [9.17, 15) is 4.79 Å². The van der Waals surface area contributed by atoms with Crippen LogP contribution in [0.2, 0.25) is 0 Å². The minimum Gasteiger partial charge on any atom is -0.493 e. The molecule has 0 unspecified atom stereocenters. The Balaban J connectivity index is 2.00. The van der Waals surface area contributed by atoms with E-state index in [0.29, 0.717) is 17.5 Å². The normalized spacial score (nSPS) is 20.1. The van der Waals surface area contributed by atoms with Crippen molar-refractivity contribution in [3.05, 3.63) is 29.8 Å². The van der Waals surface area contributed by atoms with E-state index in [-0.39, 0.29) is 12.5 Å². The van der Waals surface area contributed by atoms with Gasteiger partial charge in [0.1, 0.15) is 6.07 Å². The van der Waals surface area contributed by atoms with Gasteiger partial charge < -0.3 is 14.4 Å². The molecule has 2 rings (SSSR count). The molecule has 0 spiro atoms. The van der Waals surface area contributed by atoms with Crippen LogP contribution in [0, 0.1) is 17.2 Å². The topological polar surface area (TPSA) is 62.6 Å². The number of hydrogen-bond donors (Lipinski definition) is 0. The van der Waals surface area contributed by atoms with Gasteiger partial charge in [0.25, 0.3) is 0 Å². The summed E-state index contributed by atoms with van der Waals surface area (Å²) in [6.45, 7) is 2.24. The van der Waals surface area contributed by atoms with Crippen LogP contribution in [-0.4, -0.2) is 37.6 Å². The summed E-state index contributed by atoms with van der Waals surface area (Å²) >= 11 is 0. The van der Waals surface area contributed by atoms with Gasteiger partial charge in [0.2, 0.25) is 5.91 Å². The molecule has 0 saturated heterocycles. The number of hydrogen-bond acceptors (Lipinski definition) is 4. The largest absolute Gasteiger partial charge is 0.493 e. The Morgan fingerprint density at radius 3 is 2.68 bits per heavy atom. The van der Waals surface area contributed by atoms with Gasteiger partial charge in [-0.3, -0.25) is 4.79 Å². The van der Waals surface area contributed by atoms with Crippen molar-refractivity contribution >= 4 is 12.0 Å². The molecule has 1 fully saturated rings. The molecule has 1 aliphatic carbocycles. The molecule has 0 aromatic heterocycles. The number of likely N-dealkylation sites (N-methyl/N-ethyl adjacent to an activating group) is 1. The first-order valence-electron chi connectivity index (χ1n) is 8.67. The average Bonchev–Trinajstić information content (AvgIpc) is 2.64. The molecule has 0 heterocycles. The summed E-state index contributed by atoms with van der Waals surface area (Å²) in [4.78, 5) is 14.3. The molecule has 5 nitrogen and oxygen atoms in total. The van der Waals surface area contributed by atoms with E-state index >= 15 is 0 Å². The summed E-state index contributed by atoms with van der Waals surface area (Å²) in [5.41, 5.74) is 0.847. The third-order valence-corrected chi connectivity index (χ3v) is 4.78. The highest BCUT2D eigenvalue weighted by molar-refractivity contribution is 5.91. The van der Waals surface area contributed by atoms with Gasteiger partial charge in [0.15, 0.2) is 18.1 Å². The highest BCUT2D eigenvalue weighted by Crippen LogP contribution is 2.29. The van der Waals surface area contributed by atoms with Crippen molar-refractivity contribution < 1.29 is 14.3 Å². The van der Waals surface area contributed by atoms with Crippen molar-refractivity contribution in [1.82, 2.24) is 4.90 Å². The van der Waals surface area contributed by atoms with Crippen LogP contribution >= 0.6 is 0 Å². The van der Waals surface area contributed by atoms with Crippen LogP contribution in [0.1, 0.15) is 38.2 Å². The SMILES string of the molecule is COc1cc(/C=C/C(=O)N(C)C2CCC(C)CC2)ccc1OCC#N. The van der Waals surface area contributed by atoms with Gasteiger partial charge >= 0.3 is 0 Å². The van der Waals surface area contributed by atoms with Crippen molar-refractivity contribution in [2.45, 2.75) is 38.6 Å². The molecule has 134 valence electrons. The Kier molecular flexibility index (Phi) is 6.88. The highest BCUT2D eigenvalue weighted by Gasteiger charge is 2.23. The summed E-state index contributed by atoms with van der Waals surface area (Å²) in [5, 5.41) is 8.60. The van der Waals surface area contributed by atoms with Crippen LogP contribution < -0.4 is 9.47 Å². The van der Waals surface area contributed by atoms with Crippen molar-refractivity contribution in [2.24, 2.45) is 5.92 Å². The summed E-state index contributed by atoms with van der Waals surface area (Å²) in [5.74, 6) is 1.84.